The number of imidazole rings is 2. The number of aromatic amines is 2. The lowest BCUT2D eigenvalue weighted by molar-refractivity contribution is -0.136. The van der Waals surface area contributed by atoms with Crippen LogP contribution in [0.25, 0.3) is 22.1 Å². The van der Waals surface area contributed by atoms with E-state index in [0.29, 0.717) is 18.7 Å². The first-order valence-corrected chi connectivity index (χ1v) is 19.0. The Morgan fingerprint density at radius 1 is 0.839 bits per heavy atom. The molecule has 3 amide bonds. The number of allylic oxidation sites excluding steroid dienone is 2. The normalized spacial score (nSPS) is 15.4. The van der Waals surface area contributed by atoms with Crippen molar-refractivity contribution in [2.75, 3.05) is 34.8 Å². The number of benzene rings is 4. The number of nitrogens with zero attached hydrogens (tertiary/aromatic N) is 5. The Labute approximate surface area is 326 Å². The van der Waals surface area contributed by atoms with E-state index in [0.717, 1.165) is 76.1 Å². The number of likely N-dealkylation sites (N-methyl/N-ethyl adjacent to an activating group) is 2. The molecule has 0 saturated carbocycles. The second-order valence-corrected chi connectivity index (χ2v) is 14.5. The average molecular weight is 753 g/mol. The molecule has 3 heterocycles. The van der Waals surface area contributed by atoms with Gasteiger partial charge in [-0.1, -0.05) is 84.9 Å². The maximum atomic E-state index is 13.9. The number of methoxy groups -OCH3 is 1. The van der Waals surface area contributed by atoms with Crippen molar-refractivity contribution < 1.29 is 19.1 Å². The van der Waals surface area contributed by atoms with Gasteiger partial charge in [-0.3, -0.25) is 14.5 Å². The molecule has 0 aliphatic carbocycles. The van der Waals surface area contributed by atoms with Gasteiger partial charge >= 0.3 is 6.09 Å². The number of hydrogen-bond acceptors (Lipinski definition) is 7. The molecule has 1 saturated heterocycles. The zero-order valence-electron chi connectivity index (χ0n) is 32.2. The van der Waals surface area contributed by atoms with Crippen LogP contribution in [0.3, 0.4) is 0 Å². The molecular weight excluding hydrogens is 705 g/mol. The predicted octanol–water partition coefficient (Wildman–Crippen LogP) is 6.80. The van der Waals surface area contributed by atoms with Gasteiger partial charge in [-0.2, -0.15) is 0 Å². The van der Waals surface area contributed by atoms with Gasteiger partial charge in [0, 0.05) is 13.6 Å². The molecule has 0 radical (unpaired) electrons. The van der Waals surface area contributed by atoms with Crippen molar-refractivity contribution in [3.8, 4) is 0 Å². The van der Waals surface area contributed by atoms with Gasteiger partial charge in [-0.05, 0) is 86.3 Å². The van der Waals surface area contributed by atoms with Crippen LogP contribution in [0.2, 0.25) is 0 Å². The Bertz CT molecular complexity index is 2330. The lowest BCUT2D eigenvalue weighted by Gasteiger charge is -2.28. The number of rotatable bonds is 13. The number of nitrogens with one attached hydrogen (secondary N) is 3. The van der Waals surface area contributed by atoms with Crippen LogP contribution in [0.4, 0.5) is 4.79 Å². The molecule has 1 fully saturated rings. The van der Waals surface area contributed by atoms with Crippen LogP contribution in [0.1, 0.15) is 64.9 Å². The highest BCUT2D eigenvalue weighted by Gasteiger charge is 2.37. The number of ether oxygens (including phenoxy) is 1. The van der Waals surface area contributed by atoms with E-state index >= 15 is 0 Å². The van der Waals surface area contributed by atoms with E-state index in [-0.39, 0.29) is 23.9 Å². The van der Waals surface area contributed by atoms with Gasteiger partial charge in [-0.25, -0.2) is 14.8 Å². The highest BCUT2D eigenvalue weighted by molar-refractivity contribution is 5.88. The maximum Gasteiger partial charge on any atom is 0.407 e. The Kier molecular flexibility index (Phi) is 11.6. The molecule has 0 bridgehead atoms. The predicted molar refractivity (Wildman–Crippen MR) is 216 cm³/mol. The fraction of sp³-hybridized carbons (Fsp3) is 0.295. The third-order valence-electron chi connectivity index (χ3n) is 10.3. The van der Waals surface area contributed by atoms with E-state index in [1.165, 1.54) is 7.11 Å². The molecule has 12 heteroatoms. The lowest BCUT2D eigenvalue weighted by Crippen LogP contribution is -2.42. The summed E-state index contributed by atoms with van der Waals surface area (Å²) < 4.78 is 4.83. The molecule has 288 valence electrons. The number of fused-ring (bicyclic) bond motifs is 2. The van der Waals surface area contributed by atoms with E-state index in [1.54, 1.807) is 4.90 Å². The number of hydrogen-bond donors (Lipinski definition) is 3. The Balaban J connectivity index is 0.969. The van der Waals surface area contributed by atoms with E-state index < -0.39 is 12.1 Å². The van der Waals surface area contributed by atoms with Crippen LogP contribution >= 0.6 is 0 Å². The SMILES string of the molecule is COC(=O)N[C@H](C(=O)N1CCC[C@@H]1c1nc2ccc(C/C=C/Cc3ccc4nc(CN(C)C(=O)[C@@H](c5ccccc5)N(C)C)[nH]c4c3)cc2[nH]1)c1ccccc1. The molecule has 1 aliphatic rings. The summed E-state index contributed by atoms with van der Waals surface area (Å²) in [6, 6.07) is 30.0. The van der Waals surface area contributed by atoms with Crippen molar-refractivity contribution in [3.05, 3.63) is 143 Å². The number of alkyl carbamates (subject to hydrolysis) is 1. The Morgan fingerprint density at radius 2 is 1.45 bits per heavy atom. The van der Waals surface area contributed by atoms with Gasteiger partial charge in [-0.15, -0.1) is 0 Å². The smallest absolute Gasteiger partial charge is 0.407 e. The van der Waals surface area contributed by atoms with Gasteiger partial charge < -0.3 is 29.8 Å². The Hall–Kier alpha value is -6.27. The van der Waals surface area contributed by atoms with Crippen molar-refractivity contribution in [2.45, 2.75) is 50.4 Å². The third-order valence-corrected chi connectivity index (χ3v) is 10.3. The molecule has 6 aromatic rings. The van der Waals surface area contributed by atoms with E-state index in [1.807, 2.05) is 104 Å². The van der Waals surface area contributed by atoms with Crippen molar-refractivity contribution in [2.24, 2.45) is 0 Å². The summed E-state index contributed by atoms with van der Waals surface area (Å²) in [6.07, 6.45) is 6.81. The first-order valence-electron chi connectivity index (χ1n) is 19.0. The fourth-order valence-corrected chi connectivity index (χ4v) is 7.51. The summed E-state index contributed by atoms with van der Waals surface area (Å²) in [6.45, 7) is 0.949. The highest BCUT2D eigenvalue weighted by Crippen LogP contribution is 2.34. The minimum absolute atomic E-state index is 0.00983. The van der Waals surface area contributed by atoms with Crippen LogP contribution in [0.5, 0.6) is 0 Å². The molecule has 3 N–H and O–H groups in total. The van der Waals surface area contributed by atoms with Crippen molar-refractivity contribution in [1.82, 2.24) is 40.0 Å². The summed E-state index contributed by atoms with van der Waals surface area (Å²) >= 11 is 0. The second-order valence-electron chi connectivity index (χ2n) is 14.5. The zero-order chi connectivity index (χ0) is 39.2. The maximum absolute atomic E-state index is 13.9. The first-order chi connectivity index (χ1) is 27.2. The van der Waals surface area contributed by atoms with Gasteiger partial charge in [0.15, 0.2) is 0 Å². The van der Waals surface area contributed by atoms with E-state index in [2.05, 4.69) is 51.7 Å². The van der Waals surface area contributed by atoms with Gasteiger partial charge in [0.2, 0.25) is 5.91 Å². The van der Waals surface area contributed by atoms with Gasteiger partial charge in [0.25, 0.3) is 5.91 Å². The van der Waals surface area contributed by atoms with Crippen LogP contribution in [0.15, 0.2) is 109 Å². The molecule has 3 atom stereocenters. The Morgan fingerprint density at radius 3 is 2.07 bits per heavy atom. The van der Waals surface area contributed by atoms with Crippen LogP contribution < -0.4 is 5.32 Å². The number of aromatic nitrogens is 4. The van der Waals surface area contributed by atoms with Crippen LogP contribution in [0, 0.1) is 0 Å². The summed E-state index contributed by atoms with van der Waals surface area (Å²) in [4.78, 5) is 61.6. The van der Waals surface area contributed by atoms with E-state index in [9.17, 15) is 14.4 Å². The molecule has 1 aliphatic heterocycles. The lowest BCUT2D eigenvalue weighted by atomic mass is 10.0. The third kappa shape index (κ3) is 8.50. The highest BCUT2D eigenvalue weighted by atomic mass is 16.5. The van der Waals surface area contributed by atoms with Crippen molar-refractivity contribution in [3.63, 3.8) is 0 Å². The van der Waals surface area contributed by atoms with E-state index in [4.69, 9.17) is 14.7 Å². The summed E-state index contributed by atoms with van der Waals surface area (Å²) in [5.41, 5.74) is 7.52. The number of likely N-dealkylation sites (tertiary alicyclic amines) is 1. The van der Waals surface area contributed by atoms with Gasteiger partial charge in [0.1, 0.15) is 23.7 Å². The second kappa shape index (κ2) is 17.0. The average Bonchev–Trinajstić information content (AvgIpc) is 3.97. The summed E-state index contributed by atoms with van der Waals surface area (Å²) in [5.74, 6) is 1.30. The summed E-state index contributed by atoms with van der Waals surface area (Å²) in [5, 5.41) is 2.72. The standard InChI is InChI=1S/C44H48N8O4/c1-50(2)40(32-18-9-6-10-19-32)43(54)51(3)28-38-45-33-23-21-29(26-35(33)46-38)14-11-12-15-30-22-24-34-36(27-30)48-41(47-34)37-20-13-25-52(37)42(53)39(49-44(55)56-4)31-16-7-5-8-17-31/h5-12,16-19,21-24,26-27,37,39-40H,13-15,20,25,28H2,1-4H3,(H,45,46)(H,47,48)(H,49,55)/b12-11+/t37-,39+,40-/m1/s1. The number of H-pyrrole nitrogens is 2. The van der Waals surface area contributed by atoms with Crippen LogP contribution in [-0.2, 0) is 33.7 Å². The topological polar surface area (TPSA) is 140 Å². The molecular formula is C44H48N8O4. The first kappa shape index (κ1) is 38.0. The molecule has 56 heavy (non-hydrogen) atoms. The monoisotopic (exact) mass is 752 g/mol. The quantitative estimate of drug-likeness (QED) is 0.110. The van der Waals surface area contributed by atoms with Crippen LogP contribution in [-0.4, -0.2) is 87.3 Å². The molecule has 12 nitrogen and oxygen atoms in total. The minimum Gasteiger partial charge on any atom is -0.453 e. The number of carbonyl (C=O) groups is 3. The zero-order valence-corrected chi connectivity index (χ0v) is 32.2. The largest absolute Gasteiger partial charge is 0.453 e. The minimum atomic E-state index is -0.864. The van der Waals surface area contributed by atoms with Crippen molar-refractivity contribution in [1.29, 1.82) is 0 Å². The molecule has 7 rings (SSSR count). The van der Waals surface area contributed by atoms with Crippen molar-refractivity contribution >= 4 is 40.0 Å². The molecule has 0 unspecified atom stereocenters. The number of amides is 3. The summed E-state index contributed by atoms with van der Waals surface area (Å²) in [7, 11) is 6.94. The van der Waals surface area contributed by atoms with Gasteiger partial charge in [0.05, 0.1) is 41.8 Å². The molecule has 4 aromatic carbocycles. The molecule has 0 spiro atoms. The molecule has 2 aromatic heterocycles. The number of carbonyl (C=O) groups excluding carboxylic acids is 3. The fourth-order valence-electron chi connectivity index (χ4n) is 7.51.